The molecule has 162 valence electrons. The van der Waals surface area contributed by atoms with Crippen LogP contribution < -0.4 is 15.0 Å². The SMILES string of the molecule is O=C(Nc1ccccc1OC(F)(F)F)C1CCN(c2ccc(-n3cncn3)nn2)CC1. The van der Waals surface area contributed by atoms with E-state index in [4.69, 9.17) is 0 Å². The van der Waals surface area contributed by atoms with Crippen molar-refractivity contribution in [3.63, 3.8) is 0 Å². The number of anilines is 2. The van der Waals surface area contributed by atoms with Crippen LogP contribution in [-0.2, 0) is 4.79 Å². The highest BCUT2D eigenvalue weighted by Crippen LogP contribution is 2.31. The summed E-state index contributed by atoms with van der Waals surface area (Å²) in [4.78, 5) is 18.5. The van der Waals surface area contributed by atoms with Crippen LogP contribution in [0.25, 0.3) is 5.82 Å². The van der Waals surface area contributed by atoms with Crippen LogP contribution in [-0.4, -0.2) is 50.3 Å². The molecule has 0 bridgehead atoms. The molecule has 3 heterocycles. The van der Waals surface area contributed by atoms with Crippen molar-refractivity contribution in [1.29, 1.82) is 0 Å². The minimum absolute atomic E-state index is 0.0122. The van der Waals surface area contributed by atoms with Gasteiger partial charge in [0.1, 0.15) is 12.7 Å². The molecule has 3 aromatic rings. The maximum absolute atomic E-state index is 12.6. The maximum atomic E-state index is 12.6. The second kappa shape index (κ2) is 8.58. The number of carbonyl (C=O) groups is 1. The third-order valence-electron chi connectivity index (χ3n) is 4.85. The summed E-state index contributed by atoms with van der Waals surface area (Å²) < 4.78 is 43.2. The van der Waals surface area contributed by atoms with Gasteiger partial charge in [-0.2, -0.15) is 5.10 Å². The smallest absolute Gasteiger partial charge is 0.404 e. The van der Waals surface area contributed by atoms with Gasteiger partial charge in [0.2, 0.25) is 5.91 Å². The highest BCUT2D eigenvalue weighted by atomic mass is 19.4. The summed E-state index contributed by atoms with van der Waals surface area (Å²) in [7, 11) is 0. The van der Waals surface area contributed by atoms with Crippen LogP contribution in [0.15, 0.2) is 49.1 Å². The summed E-state index contributed by atoms with van der Waals surface area (Å²) in [5, 5.41) is 14.9. The summed E-state index contributed by atoms with van der Waals surface area (Å²) in [6.45, 7) is 1.13. The zero-order chi connectivity index (χ0) is 21.8. The van der Waals surface area contributed by atoms with Gasteiger partial charge in [0.05, 0.1) is 5.69 Å². The third-order valence-corrected chi connectivity index (χ3v) is 4.85. The number of nitrogens with one attached hydrogen (secondary N) is 1. The number of hydrogen-bond acceptors (Lipinski definition) is 7. The Morgan fingerprint density at radius 1 is 1.06 bits per heavy atom. The zero-order valence-electron chi connectivity index (χ0n) is 16.2. The van der Waals surface area contributed by atoms with E-state index in [-0.39, 0.29) is 17.5 Å². The fourth-order valence-electron chi connectivity index (χ4n) is 3.32. The van der Waals surface area contributed by atoms with Crippen molar-refractivity contribution < 1.29 is 22.7 Å². The fraction of sp³-hybridized carbons (Fsp3) is 0.316. The first kappa shape index (κ1) is 20.6. The molecule has 0 unspecified atom stereocenters. The highest BCUT2D eigenvalue weighted by molar-refractivity contribution is 5.94. The highest BCUT2D eigenvalue weighted by Gasteiger charge is 2.33. The van der Waals surface area contributed by atoms with E-state index in [0.29, 0.717) is 37.6 Å². The van der Waals surface area contributed by atoms with Crippen molar-refractivity contribution in [2.45, 2.75) is 19.2 Å². The standard InChI is InChI=1S/C19H18F3N7O2/c20-19(21,22)31-15-4-2-1-3-14(15)25-18(30)13-7-9-28(10-8-13)16-5-6-17(27-26-16)29-12-23-11-24-29/h1-6,11-13H,7-10H2,(H,25,30). The summed E-state index contributed by atoms with van der Waals surface area (Å²) in [6, 6.07) is 9.06. The van der Waals surface area contributed by atoms with E-state index >= 15 is 0 Å². The van der Waals surface area contributed by atoms with Crippen LogP contribution >= 0.6 is 0 Å². The molecular weight excluding hydrogens is 415 g/mol. The molecule has 0 atom stereocenters. The fourth-order valence-corrected chi connectivity index (χ4v) is 3.32. The molecule has 12 heteroatoms. The average Bonchev–Trinajstić information content (AvgIpc) is 3.29. The van der Waals surface area contributed by atoms with Crippen LogP contribution in [0.2, 0.25) is 0 Å². The number of hydrogen-bond donors (Lipinski definition) is 1. The molecule has 0 radical (unpaired) electrons. The first-order valence-electron chi connectivity index (χ1n) is 9.48. The van der Waals surface area contributed by atoms with Crippen LogP contribution in [0, 0.1) is 5.92 Å². The van der Waals surface area contributed by atoms with Gasteiger partial charge >= 0.3 is 6.36 Å². The monoisotopic (exact) mass is 433 g/mol. The minimum atomic E-state index is -4.84. The van der Waals surface area contributed by atoms with Gasteiger partial charge in [0, 0.05) is 19.0 Å². The maximum Gasteiger partial charge on any atom is 0.573 e. The number of carbonyl (C=O) groups excluding carboxylic acids is 1. The molecule has 0 aliphatic carbocycles. The second-order valence-electron chi connectivity index (χ2n) is 6.88. The Morgan fingerprint density at radius 2 is 1.77 bits per heavy atom. The summed E-state index contributed by atoms with van der Waals surface area (Å²) in [5.41, 5.74) is -0.0122. The van der Waals surface area contributed by atoms with Crippen molar-refractivity contribution in [1.82, 2.24) is 25.0 Å². The molecule has 0 saturated carbocycles. The predicted molar refractivity (Wildman–Crippen MR) is 104 cm³/mol. The molecule has 1 fully saturated rings. The predicted octanol–water partition coefficient (Wildman–Crippen LogP) is 2.81. The van der Waals surface area contributed by atoms with Crippen molar-refractivity contribution in [2.24, 2.45) is 5.92 Å². The molecule has 4 rings (SSSR count). The number of aromatic nitrogens is 5. The average molecular weight is 433 g/mol. The van der Waals surface area contributed by atoms with E-state index in [1.54, 1.807) is 6.07 Å². The third kappa shape index (κ3) is 5.08. The Bertz CT molecular complexity index is 1020. The van der Waals surface area contributed by atoms with E-state index in [1.165, 1.54) is 35.5 Å². The van der Waals surface area contributed by atoms with Gasteiger partial charge < -0.3 is 15.0 Å². The molecule has 1 saturated heterocycles. The number of piperidine rings is 1. The lowest BCUT2D eigenvalue weighted by molar-refractivity contribution is -0.274. The summed E-state index contributed by atoms with van der Waals surface area (Å²) >= 11 is 0. The van der Waals surface area contributed by atoms with E-state index in [9.17, 15) is 18.0 Å². The second-order valence-corrected chi connectivity index (χ2v) is 6.88. The van der Waals surface area contributed by atoms with E-state index in [0.717, 1.165) is 6.07 Å². The van der Waals surface area contributed by atoms with Crippen molar-refractivity contribution >= 4 is 17.4 Å². The normalized spacial score (nSPS) is 15.0. The van der Waals surface area contributed by atoms with Gasteiger partial charge in [-0.3, -0.25) is 4.79 Å². The van der Waals surface area contributed by atoms with Gasteiger partial charge in [-0.1, -0.05) is 12.1 Å². The summed E-state index contributed by atoms with van der Waals surface area (Å²) in [6.07, 6.45) is -0.858. The topological polar surface area (TPSA) is 98.1 Å². The first-order chi connectivity index (χ1) is 14.9. The largest absolute Gasteiger partial charge is 0.573 e. The van der Waals surface area contributed by atoms with Crippen LogP contribution in [0.3, 0.4) is 0 Å². The molecule has 31 heavy (non-hydrogen) atoms. The number of alkyl halides is 3. The van der Waals surface area contributed by atoms with E-state index in [2.05, 4.69) is 30.3 Å². The molecule has 2 aromatic heterocycles. The van der Waals surface area contributed by atoms with Crippen molar-refractivity contribution in [3.05, 3.63) is 49.1 Å². The van der Waals surface area contributed by atoms with Gasteiger partial charge in [0.15, 0.2) is 17.4 Å². The molecule has 1 amide bonds. The van der Waals surface area contributed by atoms with Crippen LogP contribution in [0.4, 0.5) is 24.7 Å². The number of ether oxygens (including phenoxy) is 1. The van der Waals surface area contributed by atoms with Gasteiger partial charge in [-0.05, 0) is 37.1 Å². The van der Waals surface area contributed by atoms with Gasteiger partial charge in [-0.25, -0.2) is 9.67 Å². The lowest BCUT2D eigenvalue weighted by Gasteiger charge is -2.31. The zero-order valence-corrected chi connectivity index (χ0v) is 16.2. The number of amides is 1. The van der Waals surface area contributed by atoms with Gasteiger partial charge in [-0.15, -0.1) is 23.4 Å². The minimum Gasteiger partial charge on any atom is -0.404 e. The lowest BCUT2D eigenvalue weighted by Crippen LogP contribution is -2.38. The number of para-hydroxylation sites is 2. The Hall–Kier alpha value is -3.70. The Balaban J connectivity index is 1.34. The Labute approximate surface area is 174 Å². The summed E-state index contributed by atoms with van der Waals surface area (Å²) in [5.74, 6) is 0.0912. The van der Waals surface area contributed by atoms with E-state index in [1.807, 2.05) is 11.0 Å². The number of halogens is 3. The quantitative estimate of drug-likeness (QED) is 0.661. The number of benzene rings is 1. The first-order valence-corrected chi connectivity index (χ1v) is 9.48. The molecule has 1 aromatic carbocycles. The number of nitrogens with zero attached hydrogens (tertiary/aromatic N) is 6. The number of rotatable bonds is 5. The molecular formula is C19H18F3N7O2. The molecule has 0 spiro atoms. The molecule has 1 N–H and O–H groups in total. The Morgan fingerprint density at radius 3 is 2.42 bits per heavy atom. The van der Waals surface area contributed by atoms with Gasteiger partial charge in [0.25, 0.3) is 0 Å². The van der Waals surface area contributed by atoms with Crippen LogP contribution in [0.5, 0.6) is 5.75 Å². The Kier molecular flexibility index (Phi) is 5.69. The molecule has 9 nitrogen and oxygen atoms in total. The molecule has 1 aliphatic heterocycles. The lowest BCUT2D eigenvalue weighted by atomic mass is 9.95. The van der Waals surface area contributed by atoms with E-state index < -0.39 is 12.1 Å². The molecule has 1 aliphatic rings. The van der Waals surface area contributed by atoms with Crippen molar-refractivity contribution in [3.8, 4) is 11.6 Å². The van der Waals surface area contributed by atoms with Crippen LogP contribution in [0.1, 0.15) is 12.8 Å². The van der Waals surface area contributed by atoms with Crippen molar-refractivity contribution in [2.75, 3.05) is 23.3 Å².